The molecule has 0 spiro atoms. The Labute approximate surface area is 134 Å². The van der Waals surface area contributed by atoms with Gasteiger partial charge < -0.3 is 0 Å². The highest BCUT2D eigenvalue weighted by Crippen LogP contribution is 2.29. The highest BCUT2D eigenvalue weighted by molar-refractivity contribution is 9.10. The van der Waals surface area contributed by atoms with Crippen LogP contribution in [0, 0.1) is 12.7 Å². The molecule has 0 radical (unpaired) electrons. The molecule has 0 fully saturated rings. The number of nitrogens with zero attached hydrogens (tertiary/aromatic N) is 3. The maximum atomic E-state index is 14.3. The van der Waals surface area contributed by atoms with E-state index in [2.05, 4.69) is 25.9 Å². The van der Waals surface area contributed by atoms with Crippen LogP contribution in [0.2, 0.25) is 0 Å². The largest absolute Gasteiger partial charge is 0.277 e. The lowest BCUT2D eigenvalue weighted by atomic mass is 10.3. The summed E-state index contributed by atoms with van der Waals surface area (Å²) in [5, 5.41) is 0. The molecule has 0 atom stereocenters. The number of fused-ring (bicyclic) bond motifs is 1. The molecule has 2 aromatic heterocycles. The molecule has 0 aliphatic carbocycles. The molecule has 0 aliphatic heterocycles. The summed E-state index contributed by atoms with van der Waals surface area (Å²) in [5.74, 6) is 0.778. The quantitative estimate of drug-likeness (QED) is 0.641. The van der Waals surface area contributed by atoms with Crippen LogP contribution in [-0.2, 0) is 6.42 Å². The van der Waals surface area contributed by atoms with Crippen molar-refractivity contribution in [3.63, 3.8) is 0 Å². The molecule has 0 unspecified atom stereocenters. The topological polar surface area (TPSA) is 30.7 Å². The van der Waals surface area contributed by atoms with E-state index in [1.165, 1.54) is 6.07 Å². The fourth-order valence-corrected chi connectivity index (χ4v) is 2.98. The van der Waals surface area contributed by atoms with Crippen LogP contribution in [0.3, 0.4) is 0 Å². The molecule has 21 heavy (non-hydrogen) atoms. The van der Waals surface area contributed by atoms with Gasteiger partial charge in [-0.25, -0.2) is 14.4 Å². The van der Waals surface area contributed by atoms with Gasteiger partial charge in [0.05, 0.1) is 5.69 Å². The van der Waals surface area contributed by atoms with Crippen LogP contribution in [0.4, 0.5) is 4.39 Å². The molecule has 0 amide bonds. The van der Waals surface area contributed by atoms with Gasteiger partial charge in [-0.15, -0.1) is 11.6 Å². The summed E-state index contributed by atoms with van der Waals surface area (Å²) in [4.78, 5) is 9.04. The Bertz CT molecular complexity index is 796. The van der Waals surface area contributed by atoms with Gasteiger partial charge in [-0.05, 0) is 47.1 Å². The van der Waals surface area contributed by atoms with Crippen molar-refractivity contribution in [1.82, 2.24) is 14.5 Å². The van der Waals surface area contributed by atoms with Crippen LogP contribution in [0.1, 0.15) is 11.5 Å². The predicted octanol–water partition coefficient (Wildman–Crippen LogP) is 4.41. The maximum Gasteiger partial charge on any atom is 0.165 e. The fraction of sp³-hybridized carbons (Fsp3) is 0.200. The number of aromatic nitrogens is 3. The highest BCUT2D eigenvalue weighted by atomic mass is 79.9. The van der Waals surface area contributed by atoms with Gasteiger partial charge in [-0.1, -0.05) is 6.07 Å². The van der Waals surface area contributed by atoms with Crippen LogP contribution in [0.25, 0.3) is 16.9 Å². The molecule has 0 aliphatic rings. The first-order valence-corrected chi connectivity index (χ1v) is 7.80. The molecule has 0 saturated carbocycles. The lowest BCUT2D eigenvalue weighted by molar-refractivity contribution is 0.615. The third-order valence-electron chi connectivity index (χ3n) is 3.19. The second kappa shape index (κ2) is 5.73. The first-order valence-electron chi connectivity index (χ1n) is 6.47. The standard InChI is InChI=1S/C15H12BrClFN3/c1-9-5-6-12-15(19-9)21(13(20-12)7-8-17)14-10(16)3-2-4-11(14)18/h2-6H,7-8H2,1H3. The van der Waals surface area contributed by atoms with E-state index in [1.807, 2.05) is 19.1 Å². The number of pyridine rings is 1. The molecular weight excluding hydrogens is 357 g/mol. The van der Waals surface area contributed by atoms with E-state index < -0.39 is 0 Å². The molecule has 1 aromatic carbocycles. The summed E-state index contributed by atoms with van der Waals surface area (Å²) < 4.78 is 16.7. The van der Waals surface area contributed by atoms with Gasteiger partial charge in [0.1, 0.15) is 17.2 Å². The van der Waals surface area contributed by atoms with Crippen molar-refractivity contribution in [2.45, 2.75) is 13.3 Å². The second-order valence-corrected chi connectivity index (χ2v) is 5.90. The number of para-hydroxylation sites is 1. The van der Waals surface area contributed by atoms with E-state index >= 15 is 0 Å². The van der Waals surface area contributed by atoms with Crippen LogP contribution < -0.4 is 0 Å². The molecule has 0 saturated heterocycles. The molecule has 0 N–H and O–H groups in total. The van der Waals surface area contributed by atoms with Crippen molar-refractivity contribution in [3.05, 3.63) is 52.1 Å². The average molecular weight is 369 g/mol. The minimum Gasteiger partial charge on any atom is -0.277 e. The fourth-order valence-electron chi connectivity index (χ4n) is 2.29. The van der Waals surface area contributed by atoms with Gasteiger partial charge in [0.2, 0.25) is 0 Å². The minimum absolute atomic E-state index is 0.331. The highest BCUT2D eigenvalue weighted by Gasteiger charge is 2.18. The summed E-state index contributed by atoms with van der Waals surface area (Å²) in [6.07, 6.45) is 0.539. The molecule has 108 valence electrons. The normalized spacial score (nSPS) is 11.2. The predicted molar refractivity (Wildman–Crippen MR) is 85.7 cm³/mol. The third-order valence-corrected chi connectivity index (χ3v) is 4.02. The molecule has 6 heteroatoms. The van der Waals surface area contributed by atoms with Gasteiger partial charge in [0.15, 0.2) is 5.65 Å². The molecular formula is C15H12BrClFN3. The van der Waals surface area contributed by atoms with Crippen molar-refractivity contribution in [2.24, 2.45) is 0 Å². The number of imidazole rings is 1. The average Bonchev–Trinajstić information content (AvgIpc) is 2.77. The maximum absolute atomic E-state index is 14.3. The first kappa shape index (κ1) is 14.5. The number of hydrogen-bond acceptors (Lipinski definition) is 2. The zero-order valence-electron chi connectivity index (χ0n) is 11.3. The number of aryl methyl sites for hydroxylation is 2. The Morgan fingerprint density at radius 3 is 2.76 bits per heavy atom. The Morgan fingerprint density at radius 2 is 2.05 bits per heavy atom. The van der Waals surface area contributed by atoms with E-state index in [0.29, 0.717) is 33.9 Å². The monoisotopic (exact) mass is 367 g/mol. The van der Waals surface area contributed by atoms with Crippen molar-refractivity contribution < 1.29 is 4.39 Å². The van der Waals surface area contributed by atoms with Crippen LogP contribution in [0.5, 0.6) is 0 Å². The Hall–Kier alpha value is -1.46. The van der Waals surface area contributed by atoms with Crippen LogP contribution >= 0.6 is 27.5 Å². The lowest BCUT2D eigenvalue weighted by Crippen LogP contribution is -2.06. The summed E-state index contributed by atoms with van der Waals surface area (Å²) in [7, 11) is 0. The smallest absolute Gasteiger partial charge is 0.165 e. The summed E-state index contributed by atoms with van der Waals surface area (Å²) in [5.41, 5.74) is 2.64. The Kier molecular flexibility index (Phi) is 3.95. The minimum atomic E-state index is -0.331. The van der Waals surface area contributed by atoms with Crippen molar-refractivity contribution in [2.75, 3.05) is 5.88 Å². The van der Waals surface area contributed by atoms with Gasteiger partial charge >= 0.3 is 0 Å². The van der Waals surface area contributed by atoms with E-state index in [-0.39, 0.29) is 5.82 Å². The van der Waals surface area contributed by atoms with Gasteiger partial charge in [0.25, 0.3) is 0 Å². The van der Waals surface area contributed by atoms with Crippen molar-refractivity contribution >= 4 is 38.7 Å². The van der Waals surface area contributed by atoms with Crippen LogP contribution in [0.15, 0.2) is 34.8 Å². The summed E-state index contributed by atoms with van der Waals surface area (Å²) in [6.45, 7) is 1.90. The summed E-state index contributed by atoms with van der Waals surface area (Å²) >= 11 is 9.26. The van der Waals surface area contributed by atoms with Gasteiger partial charge in [-0.2, -0.15) is 0 Å². The Morgan fingerprint density at radius 1 is 1.24 bits per heavy atom. The number of benzene rings is 1. The number of halogens is 3. The second-order valence-electron chi connectivity index (χ2n) is 4.67. The molecule has 3 nitrogen and oxygen atoms in total. The summed E-state index contributed by atoms with van der Waals surface area (Å²) in [6, 6.07) is 8.65. The van der Waals surface area contributed by atoms with E-state index in [9.17, 15) is 4.39 Å². The number of hydrogen-bond donors (Lipinski definition) is 0. The van der Waals surface area contributed by atoms with E-state index in [0.717, 1.165) is 11.2 Å². The van der Waals surface area contributed by atoms with E-state index in [4.69, 9.17) is 11.6 Å². The third kappa shape index (κ3) is 2.56. The molecule has 3 aromatic rings. The zero-order valence-corrected chi connectivity index (χ0v) is 13.6. The molecule has 2 heterocycles. The van der Waals surface area contributed by atoms with Gasteiger partial charge in [-0.3, -0.25) is 4.57 Å². The van der Waals surface area contributed by atoms with E-state index in [1.54, 1.807) is 16.7 Å². The van der Waals surface area contributed by atoms with Crippen molar-refractivity contribution in [3.8, 4) is 5.69 Å². The SMILES string of the molecule is Cc1ccc2nc(CCCl)n(-c3c(F)cccc3Br)c2n1. The number of rotatable bonds is 3. The van der Waals surface area contributed by atoms with Crippen molar-refractivity contribution in [1.29, 1.82) is 0 Å². The molecule has 3 rings (SSSR count). The zero-order chi connectivity index (χ0) is 15.0. The van der Waals surface area contributed by atoms with Gasteiger partial charge in [0, 0.05) is 22.5 Å². The van der Waals surface area contributed by atoms with Crippen LogP contribution in [-0.4, -0.2) is 20.4 Å². The lowest BCUT2D eigenvalue weighted by Gasteiger charge is -2.11. The Balaban J connectivity index is 2.38. The first-order chi connectivity index (χ1) is 10.1. The molecule has 0 bridgehead atoms. The number of alkyl halides is 1.